The summed E-state index contributed by atoms with van der Waals surface area (Å²) in [6.07, 6.45) is 6.85. The Morgan fingerprint density at radius 1 is 1.29 bits per heavy atom. The van der Waals surface area contributed by atoms with Crippen molar-refractivity contribution in [1.29, 1.82) is 0 Å². The zero-order valence-corrected chi connectivity index (χ0v) is 12.5. The minimum absolute atomic E-state index is 0.502. The standard InChI is InChI=1S/C14H19BrClN/c1-10(11-5-3-2-4-6-11)17-14-9-12(15)7-8-13(14)16/h7-11,17H,2-6H2,1H3. The van der Waals surface area contributed by atoms with Crippen LogP contribution in [-0.4, -0.2) is 6.04 Å². The van der Waals surface area contributed by atoms with Crippen molar-refractivity contribution in [3.8, 4) is 0 Å². The van der Waals surface area contributed by atoms with Gasteiger partial charge in [-0.2, -0.15) is 0 Å². The molecule has 2 rings (SSSR count). The molecule has 1 aromatic rings. The van der Waals surface area contributed by atoms with E-state index in [1.807, 2.05) is 12.1 Å². The molecule has 0 saturated heterocycles. The molecule has 1 N–H and O–H groups in total. The highest BCUT2D eigenvalue weighted by molar-refractivity contribution is 9.10. The summed E-state index contributed by atoms with van der Waals surface area (Å²) in [5.41, 5.74) is 1.04. The van der Waals surface area contributed by atoms with Crippen LogP contribution in [0.5, 0.6) is 0 Å². The number of halogens is 2. The number of rotatable bonds is 3. The van der Waals surface area contributed by atoms with E-state index in [0.717, 1.165) is 21.1 Å². The molecule has 1 nitrogen and oxygen atoms in total. The Balaban J connectivity index is 2.01. The first-order valence-electron chi connectivity index (χ1n) is 6.38. The molecule has 0 heterocycles. The highest BCUT2D eigenvalue weighted by atomic mass is 79.9. The van der Waals surface area contributed by atoms with E-state index in [4.69, 9.17) is 11.6 Å². The fraction of sp³-hybridized carbons (Fsp3) is 0.571. The molecule has 1 atom stereocenters. The topological polar surface area (TPSA) is 12.0 Å². The molecule has 1 aliphatic rings. The third kappa shape index (κ3) is 3.62. The van der Waals surface area contributed by atoms with Gasteiger partial charge in [-0.15, -0.1) is 0 Å². The average molecular weight is 317 g/mol. The fourth-order valence-electron chi connectivity index (χ4n) is 2.61. The molecule has 0 spiro atoms. The van der Waals surface area contributed by atoms with E-state index in [-0.39, 0.29) is 0 Å². The molecular formula is C14H19BrClN. The predicted octanol–water partition coefficient (Wildman–Crippen LogP) is 5.48. The average Bonchev–Trinajstić information content (AvgIpc) is 2.35. The van der Waals surface area contributed by atoms with Crippen molar-refractivity contribution in [3.63, 3.8) is 0 Å². The number of hydrogen-bond acceptors (Lipinski definition) is 1. The Morgan fingerprint density at radius 3 is 2.71 bits per heavy atom. The number of nitrogens with one attached hydrogen (secondary N) is 1. The summed E-state index contributed by atoms with van der Waals surface area (Å²) in [6, 6.07) is 6.46. The lowest BCUT2D eigenvalue weighted by atomic mass is 9.84. The van der Waals surface area contributed by atoms with Crippen molar-refractivity contribution in [2.45, 2.75) is 45.1 Å². The quantitative estimate of drug-likeness (QED) is 0.778. The SMILES string of the molecule is CC(Nc1cc(Br)ccc1Cl)C1CCCCC1. The normalized spacial score (nSPS) is 19.0. The molecule has 1 aliphatic carbocycles. The van der Waals surface area contributed by atoms with Gasteiger partial charge >= 0.3 is 0 Å². The van der Waals surface area contributed by atoms with Gasteiger partial charge in [-0.3, -0.25) is 0 Å². The maximum atomic E-state index is 6.20. The van der Waals surface area contributed by atoms with Crippen molar-refractivity contribution in [3.05, 3.63) is 27.7 Å². The van der Waals surface area contributed by atoms with Gasteiger partial charge < -0.3 is 5.32 Å². The molecule has 94 valence electrons. The van der Waals surface area contributed by atoms with E-state index in [0.29, 0.717) is 6.04 Å². The van der Waals surface area contributed by atoms with Gasteiger partial charge in [0.15, 0.2) is 0 Å². The van der Waals surface area contributed by atoms with Crippen LogP contribution in [-0.2, 0) is 0 Å². The molecule has 1 fully saturated rings. The smallest absolute Gasteiger partial charge is 0.0638 e. The highest BCUT2D eigenvalue weighted by Crippen LogP contribution is 2.31. The Morgan fingerprint density at radius 2 is 2.00 bits per heavy atom. The maximum Gasteiger partial charge on any atom is 0.0638 e. The first kappa shape index (κ1) is 13.2. The second-order valence-corrected chi connectivity index (χ2v) is 6.28. The fourth-order valence-corrected chi connectivity index (χ4v) is 3.14. The van der Waals surface area contributed by atoms with Crippen LogP contribution in [0.15, 0.2) is 22.7 Å². The summed E-state index contributed by atoms with van der Waals surface area (Å²) < 4.78 is 1.07. The number of hydrogen-bond donors (Lipinski definition) is 1. The second-order valence-electron chi connectivity index (χ2n) is 4.96. The zero-order chi connectivity index (χ0) is 12.3. The van der Waals surface area contributed by atoms with Gasteiger partial charge in [0.05, 0.1) is 10.7 Å². The Labute approximate surface area is 117 Å². The summed E-state index contributed by atoms with van der Waals surface area (Å²) >= 11 is 9.68. The van der Waals surface area contributed by atoms with Gasteiger partial charge in [-0.1, -0.05) is 46.8 Å². The van der Waals surface area contributed by atoms with Gasteiger partial charge in [0.2, 0.25) is 0 Å². The lowest BCUT2D eigenvalue weighted by Gasteiger charge is -2.29. The summed E-state index contributed by atoms with van der Waals surface area (Å²) in [6.45, 7) is 2.27. The summed E-state index contributed by atoms with van der Waals surface area (Å²) in [5, 5.41) is 4.36. The number of benzene rings is 1. The van der Waals surface area contributed by atoms with Crippen molar-refractivity contribution in [1.82, 2.24) is 0 Å². The molecule has 1 aromatic carbocycles. The van der Waals surface area contributed by atoms with Crippen molar-refractivity contribution in [2.75, 3.05) is 5.32 Å². The molecule has 1 unspecified atom stereocenters. The van der Waals surface area contributed by atoms with Crippen LogP contribution >= 0.6 is 27.5 Å². The van der Waals surface area contributed by atoms with Gasteiger partial charge in [-0.05, 0) is 43.9 Å². The predicted molar refractivity (Wildman–Crippen MR) is 78.8 cm³/mol. The van der Waals surface area contributed by atoms with E-state index < -0.39 is 0 Å². The third-order valence-electron chi connectivity index (χ3n) is 3.67. The first-order valence-corrected chi connectivity index (χ1v) is 7.55. The number of anilines is 1. The van der Waals surface area contributed by atoms with E-state index in [2.05, 4.69) is 34.2 Å². The van der Waals surface area contributed by atoms with Crippen LogP contribution in [0, 0.1) is 5.92 Å². The van der Waals surface area contributed by atoms with Gasteiger partial charge in [0.25, 0.3) is 0 Å². The van der Waals surface area contributed by atoms with E-state index in [1.54, 1.807) is 0 Å². The molecule has 0 radical (unpaired) electrons. The van der Waals surface area contributed by atoms with Crippen molar-refractivity contribution < 1.29 is 0 Å². The molecule has 0 bridgehead atoms. The van der Waals surface area contributed by atoms with Crippen molar-refractivity contribution >= 4 is 33.2 Å². The Hall–Kier alpha value is -0.210. The van der Waals surface area contributed by atoms with Crippen LogP contribution in [0.2, 0.25) is 5.02 Å². The molecule has 3 heteroatoms. The minimum Gasteiger partial charge on any atom is -0.381 e. The second kappa shape index (κ2) is 6.10. The molecule has 0 aromatic heterocycles. The maximum absolute atomic E-state index is 6.20. The van der Waals surface area contributed by atoms with E-state index in [9.17, 15) is 0 Å². The molecule has 0 amide bonds. The first-order chi connectivity index (χ1) is 8.16. The van der Waals surface area contributed by atoms with Crippen LogP contribution in [0.4, 0.5) is 5.69 Å². The molecule has 1 saturated carbocycles. The van der Waals surface area contributed by atoms with Gasteiger partial charge in [-0.25, -0.2) is 0 Å². The Kier molecular flexibility index (Phi) is 4.75. The monoisotopic (exact) mass is 315 g/mol. The van der Waals surface area contributed by atoms with Crippen molar-refractivity contribution in [2.24, 2.45) is 5.92 Å². The lowest BCUT2D eigenvalue weighted by Crippen LogP contribution is -2.27. The van der Waals surface area contributed by atoms with Crippen LogP contribution in [0.3, 0.4) is 0 Å². The largest absolute Gasteiger partial charge is 0.381 e. The van der Waals surface area contributed by atoms with E-state index >= 15 is 0 Å². The molecule has 0 aliphatic heterocycles. The summed E-state index contributed by atoms with van der Waals surface area (Å²) in [5.74, 6) is 0.791. The van der Waals surface area contributed by atoms with Crippen LogP contribution in [0.1, 0.15) is 39.0 Å². The highest BCUT2D eigenvalue weighted by Gasteiger charge is 2.20. The summed E-state index contributed by atoms with van der Waals surface area (Å²) in [4.78, 5) is 0. The molecular weight excluding hydrogens is 298 g/mol. The zero-order valence-electron chi connectivity index (χ0n) is 10.2. The third-order valence-corrected chi connectivity index (χ3v) is 4.49. The summed E-state index contributed by atoms with van der Waals surface area (Å²) in [7, 11) is 0. The Bertz CT molecular complexity index is 374. The minimum atomic E-state index is 0.502. The molecule has 17 heavy (non-hydrogen) atoms. The van der Waals surface area contributed by atoms with E-state index in [1.165, 1.54) is 32.1 Å². The van der Waals surface area contributed by atoms with Crippen LogP contribution < -0.4 is 5.32 Å². The van der Waals surface area contributed by atoms with Crippen LogP contribution in [0.25, 0.3) is 0 Å². The lowest BCUT2D eigenvalue weighted by molar-refractivity contribution is 0.328. The van der Waals surface area contributed by atoms with Gasteiger partial charge in [0, 0.05) is 10.5 Å². The van der Waals surface area contributed by atoms with Gasteiger partial charge in [0.1, 0.15) is 0 Å².